The average Bonchev–Trinajstić information content (AvgIpc) is 3.45. The summed E-state index contributed by atoms with van der Waals surface area (Å²) in [4.78, 5) is 29.5. The summed E-state index contributed by atoms with van der Waals surface area (Å²) in [5, 5.41) is 14.2. The van der Waals surface area contributed by atoms with Crippen LogP contribution in [0, 0.1) is 6.92 Å². The number of carbonyl (C=O) groups excluding carboxylic acids is 2. The molecule has 0 saturated carbocycles. The standard InChI is InChI=1S/C29H36N4O3.C4H11NO.C2H6/c1-6-32-9-11-33(12-10-32)25-8-7-20(2)28(17-25)29(35)30-21(3)22-13-23(16-27(15-22)36-5)24-14-26(19-34)31(4)18-24;1-5-3-2-4-6;1-2/h7-8,13-19,21H,6,9-12H2,1-5H3,(H,30,35);5-6H,2-4H2,1H3;1-2H3. The molecule has 1 atom stereocenters. The zero-order chi connectivity index (χ0) is 32.6. The summed E-state index contributed by atoms with van der Waals surface area (Å²) in [5.74, 6) is 0.603. The van der Waals surface area contributed by atoms with Crippen LogP contribution < -0.4 is 20.3 Å². The predicted octanol–water partition coefficient (Wildman–Crippen LogP) is 5.07. The summed E-state index contributed by atoms with van der Waals surface area (Å²) in [6.45, 7) is 16.4. The lowest BCUT2D eigenvalue weighted by Crippen LogP contribution is -2.46. The van der Waals surface area contributed by atoms with Gasteiger partial charge in [-0.05, 0) is 93.5 Å². The minimum Gasteiger partial charge on any atom is -0.497 e. The highest BCUT2D eigenvalue weighted by atomic mass is 16.5. The number of likely N-dealkylation sites (N-methyl/N-ethyl adjacent to an activating group) is 1. The van der Waals surface area contributed by atoms with Crippen LogP contribution in [0.2, 0.25) is 0 Å². The van der Waals surface area contributed by atoms with Crippen molar-refractivity contribution < 1.29 is 19.4 Å². The van der Waals surface area contributed by atoms with Crippen molar-refractivity contribution in [2.45, 2.75) is 47.1 Å². The van der Waals surface area contributed by atoms with Gasteiger partial charge in [0.15, 0.2) is 6.29 Å². The third-order valence-electron chi connectivity index (χ3n) is 7.74. The van der Waals surface area contributed by atoms with E-state index < -0.39 is 0 Å². The molecule has 1 amide bonds. The number of hydrogen-bond donors (Lipinski definition) is 3. The number of benzene rings is 2. The summed E-state index contributed by atoms with van der Waals surface area (Å²) in [6, 6.07) is 13.7. The monoisotopic (exact) mass is 607 g/mol. The predicted molar refractivity (Wildman–Crippen MR) is 181 cm³/mol. The molecule has 1 saturated heterocycles. The summed E-state index contributed by atoms with van der Waals surface area (Å²) >= 11 is 0. The van der Waals surface area contributed by atoms with Gasteiger partial charge in [0.1, 0.15) is 5.75 Å². The van der Waals surface area contributed by atoms with E-state index in [1.165, 1.54) is 0 Å². The topological polar surface area (TPSA) is 99.1 Å². The zero-order valence-corrected chi connectivity index (χ0v) is 27.9. The van der Waals surface area contributed by atoms with Gasteiger partial charge in [0.25, 0.3) is 5.91 Å². The van der Waals surface area contributed by atoms with E-state index in [2.05, 4.69) is 33.4 Å². The summed E-state index contributed by atoms with van der Waals surface area (Å²) in [5.41, 5.74) is 6.11. The second-order valence-electron chi connectivity index (χ2n) is 10.7. The summed E-state index contributed by atoms with van der Waals surface area (Å²) in [6.07, 6.45) is 3.62. The lowest BCUT2D eigenvalue weighted by Gasteiger charge is -2.35. The van der Waals surface area contributed by atoms with Gasteiger partial charge in [-0.3, -0.25) is 9.59 Å². The molecule has 1 unspecified atom stereocenters. The van der Waals surface area contributed by atoms with Crippen LogP contribution in [0.25, 0.3) is 11.1 Å². The van der Waals surface area contributed by atoms with Gasteiger partial charge < -0.3 is 34.8 Å². The molecule has 1 fully saturated rings. The van der Waals surface area contributed by atoms with E-state index in [1.807, 2.05) is 84.4 Å². The SMILES string of the molecule is CC.CCN1CCN(c2ccc(C)c(C(=O)NC(C)c3cc(OC)cc(-c4cc(C=O)n(C)c4)c3)c2)CC1.CNCCCO. The van der Waals surface area contributed by atoms with Crippen molar-refractivity contribution in [2.24, 2.45) is 7.05 Å². The lowest BCUT2D eigenvalue weighted by atomic mass is 10.00. The van der Waals surface area contributed by atoms with Crippen molar-refractivity contribution in [3.8, 4) is 16.9 Å². The maximum absolute atomic E-state index is 13.4. The van der Waals surface area contributed by atoms with Gasteiger partial charge in [-0.2, -0.15) is 0 Å². The fraction of sp³-hybridized carbons (Fsp3) is 0.486. The first-order chi connectivity index (χ1) is 21.2. The van der Waals surface area contributed by atoms with E-state index in [1.54, 1.807) is 11.7 Å². The molecule has 9 nitrogen and oxygen atoms in total. The van der Waals surface area contributed by atoms with Crippen LogP contribution in [0.15, 0.2) is 48.7 Å². The molecular weight excluding hydrogens is 554 g/mol. The normalized spacial score (nSPS) is 13.6. The van der Waals surface area contributed by atoms with E-state index in [9.17, 15) is 9.59 Å². The van der Waals surface area contributed by atoms with Crippen LogP contribution in [0.3, 0.4) is 0 Å². The van der Waals surface area contributed by atoms with Gasteiger partial charge in [0, 0.05) is 62.8 Å². The molecule has 0 bridgehead atoms. The number of aliphatic hydroxyl groups excluding tert-OH is 1. The number of nitrogens with zero attached hydrogens (tertiary/aromatic N) is 3. The van der Waals surface area contributed by atoms with Crippen LogP contribution in [0.4, 0.5) is 5.69 Å². The quantitative estimate of drug-likeness (QED) is 0.207. The van der Waals surface area contributed by atoms with E-state index in [4.69, 9.17) is 9.84 Å². The smallest absolute Gasteiger partial charge is 0.252 e. The Morgan fingerprint density at radius 3 is 2.32 bits per heavy atom. The molecule has 0 spiro atoms. The Bertz CT molecular complexity index is 1310. The molecule has 2 heterocycles. The molecule has 3 aromatic rings. The largest absolute Gasteiger partial charge is 0.497 e. The summed E-state index contributed by atoms with van der Waals surface area (Å²) < 4.78 is 7.34. The number of amides is 1. The van der Waals surface area contributed by atoms with Crippen molar-refractivity contribution in [3.05, 3.63) is 71.0 Å². The van der Waals surface area contributed by atoms with Crippen molar-refractivity contribution >= 4 is 17.9 Å². The van der Waals surface area contributed by atoms with E-state index in [-0.39, 0.29) is 11.9 Å². The molecule has 0 radical (unpaired) electrons. The minimum atomic E-state index is -0.239. The summed E-state index contributed by atoms with van der Waals surface area (Å²) in [7, 11) is 5.34. The molecule has 2 aromatic carbocycles. The Morgan fingerprint density at radius 2 is 1.77 bits per heavy atom. The Labute approximate surface area is 264 Å². The van der Waals surface area contributed by atoms with Gasteiger partial charge >= 0.3 is 0 Å². The third-order valence-corrected chi connectivity index (χ3v) is 7.74. The minimum absolute atomic E-state index is 0.0960. The van der Waals surface area contributed by atoms with Crippen molar-refractivity contribution in [1.82, 2.24) is 20.1 Å². The highest BCUT2D eigenvalue weighted by Gasteiger charge is 2.20. The van der Waals surface area contributed by atoms with Crippen molar-refractivity contribution in [3.63, 3.8) is 0 Å². The second-order valence-corrected chi connectivity index (χ2v) is 10.7. The number of aromatic nitrogens is 1. The number of nitrogens with one attached hydrogen (secondary N) is 2. The lowest BCUT2D eigenvalue weighted by molar-refractivity contribution is 0.0939. The molecule has 1 aliphatic heterocycles. The number of carbonyl (C=O) groups is 2. The van der Waals surface area contributed by atoms with Gasteiger partial charge in [0.2, 0.25) is 0 Å². The number of anilines is 1. The number of piperazine rings is 1. The van der Waals surface area contributed by atoms with Crippen molar-refractivity contribution in [2.75, 3.05) is 64.9 Å². The molecule has 4 rings (SSSR count). The molecule has 0 aliphatic carbocycles. The van der Waals surface area contributed by atoms with Crippen LogP contribution in [-0.2, 0) is 7.05 Å². The number of methoxy groups -OCH3 is 1. The molecule has 242 valence electrons. The van der Waals surface area contributed by atoms with Crippen molar-refractivity contribution in [1.29, 1.82) is 0 Å². The van der Waals surface area contributed by atoms with Crippen LogP contribution in [0.1, 0.15) is 72.1 Å². The van der Waals surface area contributed by atoms with Gasteiger partial charge in [-0.15, -0.1) is 0 Å². The van der Waals surface area contributed by atoms with Gasteiger partial charge in [0.05, 0.1) is 18.8 Å². The van der Waals surface area contributed by atoms with Crippen LogP contribution >= 0.6 is 0 Å². The van der Waals surface area contributed by atoms with Gasteiger partial charge in [-0.1, -0.05) is 26.8 Å². The molecule has 1 aliphatic rings. The third kappa shape index (κ3) is 10.2. The Kier molecular flexibility index (Phi) is 15.7. The van der Waals surface area contributed by atoms with Gasteiger partial charge in [-0.25, -0.2) is 0 Å². The first-order valence-corrected chi connectivity index (χ1v) is 15.7. The molecule has 9 heteroatoms. The number of aliphatic hydroxyl groups is 1. The highest BCUT2D eigenvalue weighted by Crippen LogP contribution is 2.30. The number of aryl methyl sites for hydroxylation is 2. The Morgan fingerprint density at radius 1 is 1.07 bits per heavy atom. The van der Waals surface area contributed by atoms with Crippen LogP contribution in [-0.4, -0.2) is 86.8 Å². The molecule has 44 heavy (non-hydrogen) atoms. The highest BCUT2D eigenvalue weighted by molar-refractivity contribution is 5.97. The Hall–Kier alpha value is -3.66. The Balaban J connectivity index is 0.000000755. The fourth-order valence-electron chi connectivity index (χ4n) is 5.00. The molecule has 1 aromatic heterocycles. The molecule has 3 N–H and O–H groups in total. The van der Waals surface area contributed by atoms with E-state index >= 15 is 0 Å². The number of hydrogen-bond acceptors (Lipinski definition) is 7. The number of aldehydes is 1. The number of ether oxygens (including phenoxy) is 1. The maximum Gasteiger partial charge on any atom is 0.252 e. The first-order valence-electron chi connectivity index (χ1n) is 15.7. The maximum atomic E-state index is 13.4. The van der Waals surface area contributed by atoms with E-state index in [0.29, 0.717) is 23.6 Å². The first kappa shape index (κ1) is 36.5. The average molecular weight is 608 g/mol. The van der Waals surface area contributed by atoms with Crippen LogP contribution in [0.5, 0.6) is 5.75 Å². The zero-order valence-electron chi connectivity index (χ0n) is 27.9. The second kappa shape index (κ2) is 18.9. The fourth-order valence-corrected chi connectivity index (χ4v) is 5.00. The number of rotatable bonds is 11. The molecular formula is C35H53N5O4. The van der Waals surface area contributed by atoms with E-state index in [0.717, 1.165) is 79.9 Å².